The summed E-state index contributed by atoms with van der Waals surface area (Å²) in [5.74, 6) is -0.0349. The first kappa shape index (κ1) is 17.9. The molecule has 1 unspecified atom stereocenters. The number of benzene rings is 1. The smallest absolute Gasteiger partial charge is 0.260 e. The van der Waals surface area contributed by atoms with Crippen molar-refractivity contribution in [3.63, 3.8) is 0 Å². The summed E-state index contributed by atoms with van der Waals surface area (Å²) in [5.41, 5.74) is 6.96. The maximum atomic E-state index is 13.6. The van der Waals surface area contributed by atoms with E-state index >= 15 is 0 Å². The summed E-state index contributed by atoms with van der Waals surface area (Å²) in [6, 6.07) is 10.7. The van der Waals surface area contributed by atoms with Crippen LogP contribution >= 0.6 is 0 Å². The fourth-order valence-corrected chi connectivity index (χ4v) is 4.71. The van der Waals surface area contributed by atoms with Gasteiger partial charge in [-0.1, -0.05) is 18.2 Å². The molecule has 0 radical (unpaired) electrons. The summed E-state index contributed by atoms with van der Waals surface area (Å²) in [7, 11) is 0. The van der Waals surface area contributed by atoms with Crippen molar-refractivity contribution in [1.29, 1.82) is 0 Å². The number of piperidine rings is 1. The van der Waals surface area contributed by atoms with Crippen LogP contribution in [0.4, 0.5) is 5.88 Å². The van der Waals surface area contributed by atoms with E-state index in [0.717, 1.165) is 32.5 Å². The van der Waals surface area contributed by atoms with Crippen LogP contribution in [0.3, 0.4) is 0 Å². The molecule has 4 heterocycles. The van der Waals surface area contributed by atoms with Crippen molar-refractivity contribution < 1.29 is 14.0 Å². The highest BCUT2D eigenvalue weighted by molar-refractivity contribution is 6.15. The highest BCUT2D eigenvalue weighted by Crippen LogP contribution is 2.38. The monoisotopic (exact) mass is 390 g/mol. The molecule has 2 bridgehead atoms. The van der Waals surface area contributed by atoms with Gasteiger partial charge in [0.15, 0.2) is 5.58 Å². The third-order valence-electron chi connectivity index (χ3n) is 5.99. The average Bonchev–Trinajstić information content (AvgIpc) is 3.28. The van der Waals surface area contributed by atoms with Crippen molar-refractivity contribution in [2.45, 2.75) is 18.9 Å². The number of carbonyl (C=O) groups excluding carboxylic acids is 2. The van der Waals surface area contributed by atoms with Crippen molar-refractivity contribution in [2.75, 3.05) is 24.5 Å². The Morgan fingerprint density at radius 1 is 1.17 bits per heavy atom. The Labute approximate surface area is 168 Å². The Morgan fingerprint density at radius 3 is 2.76 bits per heavy atom. The quantitative estimate of drug-likeness (QED) is 0.739. The van der Waals surface area contributed by atoms with Gasteiger partial charge in [-0.05, 0) is 43.5 Å². The molecule has 2 N–H and O–H groups in total. The Kier molecular flexibility index (Phi) is 4.32. The molecule has 7 heteroatoms. The van der Waals surface area contributed by atoms with Gasteiger partial charge in [-0.15, -0.1) is 0 Å². The average molecular weight is 390 g/mol. The van der Waals surface area contributed by atoms with Gasteiger partial charge in [-0.3, -0.25) is 19.5 Å². The maximum Gasteiger partial charge on any atom is 0.260 e. The lowest BCUT2D eigenvalue weighted by Gasteiger charge is -2.37. The molecular weight excluding hydrogens is 368 g/mol. The number of pyridine rings is 1. The molecule has 0 aliphatic carbocycles. The standard InChI is InChI=1S/C22H22N4O3/c23-20(27)19-17-6-8-24-11-18(17)29-22(19)26(21(28)15-4-2-1-3-5-15)16-10-14-7-9-25(12-14)13-16/h1-6,8,11,14,16H,7,9-10,12-13H2,(H2,23,27)/t14-,16-/m1/s1. The number of primary amides is 1. The predicted molar refractivity (Wildman–Crippen MR) is 109 cm³/mol. The summed E-state index contributed by atoms with van der Waals surface area (Å²) in [6.07, 6.45) is 5.15. The van der Waals surface area contributed by atoms with Crippen LogP contribution in [0.1, 0.15) is 33.6 Å². The van der Waals surface area contributed by atoms with Crippen molar-refractivity contribution >= 4 is 28.7 Å². The third kappa shape index (κ3) is 3.07. The second-order valence-corrected chi connectivity index (χ2v) is 7.86. The molecule has 0 saturated carbocycles. The number of rotatable bonds is 4. The molecule has 29 heavy (non-hydrogen) atoms. The van der Waals surface area contributed by atoms with Crippen LogP contribution in [0.5, 0.6) is 0 Å². The lowest BCUT2D eigenvalue weighted by molar-refractivity contribution is 0.0952. The van der Waals surface area contributed by atoms with Gasteiger partial charge in [0.25, 0.3) is 11.8 Å². The molecule has 3 aromatic rings. The van der Waals surface area contributed by atoms with Crippen LogP contribution in [0.25, 0.3) is 11.0 Å². The maximum absolute atomic E-state index is 13.6. The molecule has 2 aliphatic heterocycles. The van der Waals surface area contributed by atoms with Gasteiger partial charge < -0.3 is 15.1 Å². The van der Waals surface area contributed by atoms with Crippen LogP contribution in [0.15, 0.2) is 53.2 Å². The number of hydrogen-bond donors (Lipinski definition) is 1. The lowest BCUT2D eigenvalue weighted by Crippen LogP contribution is -2.50. The van der Waals surface area contributed by atoms with E-state index in [1.807, 2.05) is 18.2 Å². The van der Waals surface area contributed by atoms with Gasteiger partial charge in [-0.2, -0.15) is 0 Å². The van der Waals surface area contributed by atoms with Crippen LogP contribution in [0.2, 0.25) is 0 Å². The number of nitrogens with zero attached hydrogens (tertiary/aromatic N) is 3. The van der Waals surface area contributed by atoms with Gasteiger partial charge in [0.2, 0.25) is 5.88 Å². The summed E-state index contributed by atoms with van der Waals surface area (Å²) >= 11 is 0. The van der Waals surface area contributed by atoms with Crippen molar-refractivity contribution in [2.24, 2.45) is 11.7 Å². The van der Waals surface area contributed by atoms with Crippen molar-refractivity contribution in [3.8, 4) is 0 Å². The molecule has 148 valence electrons. The number of carbonyl (C=O) groups is 2. The molecule has 2 saturated heterocycles. The molecule has 2 fully saturated rings. The number of aromatic nitrogens is 1. The van der Waals surface area contributed by atoms with Crippen molar-refractivity contribution in [3.05, 3.63) is 59.9 Å². The van der Waals surface area contributed by atoms with Crippen LogP contribution in [-0.4, -0.2) is 47.4 Å². The second kappa shape index (κ2) is 7.00. The second-order valence-electron chi connectivity index (χ2n) is 7.86. The highest BCUT2D eigenvalue weighted by atomic mass is 16.4. The van der Waals surface area contributed by atoms with Crippen LogP contribution in [0, 0.1) is 5.92 Å². The van der Waals surface area contributed by atoms with Gasteiger partial charge >= 0.3 is 0 Å². The first-order valence-electron chi connectivity index (χ1n) is 9.89. The Bertz CT molecular complexity index is 1070. The van der Waals surface area contributed by atoms with E-state index in [1.54, 1.807) is 35.5 Å². The fourth-order valence-electron chi connectivity index (χ4n) is 4.71. The molecular formula is C22H22N4O3. The lowest BCUT2D eigenvalue weighted by atomic mass is 9.95. The summed E-state index contributed by atoms with van der Waals surface area (Å²) in [6.45, 7) is 2.86. The number of anilines is 1. The minimum absolute atomic E-state index is 0.0874. The van der Waals surface area contributed by atoms with E-state index < -0.39 is 5.91 Å². The zero-order valence-electron chi connectivity index (χ0n) is 16.0. The zero-order valence-corrected chi connectivity index (χ0v) is 16.0. The molecule has 2 amide bonds. The molecule has 7 nitrogen and oxygen atoms in total. The van der Waals surface area contributed by atoms with Gasteiger partial charge in [0, 0.05) is 30.2 Å². The molecule has 1 aromatic carbocycles. The minimum Gasteiger partial charge on any atom is -0.438 e. The van der Waals surface area contributed by atoms with Crippen molar-refractivity contribution in [1.82, 2.24) is 9.88 Å². The largest absolute Gasteiger partial charge is 0.438 e. The zero-order chi connectivity index (χ0) is 20.0. The van der Waals surface area contributed by atoms with Gasteiger partial charge in [0.1, 0.15) is 5.56 Å². The number of furan rings is 1. The Morgan fingerprint density at radius 2 is 2.00 bits per heavy atom. The molecule has 2 aliphatic rings. The van der Waals surface area contributed by atoms with E-state index in [1.165, 1.54) is 0 Å². The molecule has 2 aromatic heterocycles. The molecule has 5 rings (SSSR count). The summed E-state index contributed by atoms with van der Waals surface area (Å²) < 4.78 is 6.03. The Hall–Kier alpha value is -3.19. The SMILES string of the molecule is NC(=O)c1c(N(C(=O)c2ccccc2)[C@@H]2C[C@H]3CCN(C3)C2)oc2cnccc12. The normalized spacial score (nSPS) is 23.2. The predicted octanol–water partition coefficient (Wildman–Crippen LogP) is 2.67. The minimum atomic E-state index is -0.616. The van der Waals surface area contributed by atoms with Crippen LogP contribution < -0.4 is 10.6 Å². The molecule has 3 atom stereocenters. The number of fused-ring (bicyclic) bond motifs is 3. The topological polar surface area (TPSA) is 92.7 Å². The summed E-state index contributed by atoms with van der Waals surface area (Å²) in [5, 5.41) is 0.576. The number of amides is 2. The molecule has 0 spiro atoms. The van der Waals surface area contributed by atoms with E-state index in [9.17, 15) is 9.59 Å². The van der Waals surface area contributed by atoms with Crippen LogP contribution in [-0.2, 0) is 0 Å². The third-order valence-corrected chi connectivity index (χ3v) is 5.99. The summed E-state index contributed by atoms with van der Waals surface area (Å²) in [4.78, 5) is 34.1. The van der Waals surface area contributed by atoms with Gasteiger partial charge in [-0.25, -0.2) is 0 Å². The highest BCUT2D eigenvalue weighted by Gasteiger charge is 2.40. The van der Waals surface area contributed by atoms with E-state index in [4.69, 9.17) is 10.2 Å². The number of nitrogens with two attached hydrogens (primary N) is 1. The first-order chi connectivity index (χ1) is 14.1. The Balaban J connectivity index is 1.66. The van der Waals surface area contributed by atoms with E-state index in [-0.39, 0.29) is 23.4 Å². The first-order valence-corrected chi connectivity index (χ1v) is 9.89. The number of hydrogen-bond acceptors (Lipinski definition) is 5. The van der Waals surface area contributed by atoms with Gasteiger partial charge in [0.05, 0.1) is 12.2 Å². The fraction of sp³-hybridized carbons (Fsp3) is 0.318. The van der Waals surface area contributed by atoms with E-state index in [0.29, 0.717) is 22.5 Å². The van der Waals surface area contributed by atoms with E-state index in [2.05, 4.69) is 9.88 Å².